The van der Waals surface area contributed by atoms with Gasteiger partial charge >= 0.3 is 5.97 Å². The van der Waals surface area contributed by atoms with Crippen molar-refractivity contribution in [1.82, 2.24) is 14.6 Å². The van der Waals surface area contributed by atoms with Gasteiger partial charge < -0.3 is 34.7 Å². The van der Waals surface area contributed by atoms with E-state index in [9.17, 15) is 23.1 Å². The Morgan fingerprint density at radius 1 is 0.910 bits per heavy atom. The average molecular weight is 963 g/mol. The number of rotatable bonds is 16. The Balaban J connectivity index is 1.03. The van der Waals surface area contributed by atoms with Crippen LogP contribution in [0.25, 0.3) is 11.1 Å². The molecule has 0 fully saturated rings. The molecule has 1 unspecified atom stereocenters. The number of pyridine rings is 1. The predicted molar refractivity (Wildman–Crippen MR) is 252 cm³/mol. The number of nitriles is 1. The predicted octanol–water partition coefficient (Wildman–Crippen LogP) is 8.31. The zero-order valence-corrected chi connectivity index (χ0v) is 38.7. The molecule has 0 bridgehead atoms. The fourth-order valence-corrected chi connectivity index (χ4v) is 9.99. The molecular weight excluding hydrogens is 918 g/mol. The molecule has 1 amide bonds. The molecule has 17 heteroatoms. The molecular formula is C50H45Cl2N5O9S. The third kappa shape index (κ3) is 10.8. The van der Waals surface area contributed by atoms with Gasteiger partial charge in [-0.15, -0.1) is 0 Å². The fourth-order valence-electron chi connectivity index (χ4n) is 7.94. The summed E-state index contributed by atoms with van der Waals surface area (Å²) in [7, 11) is -2.86. The minimum Gasteiger partial charge on any atom is -0.489 e. The number of amides is 1. The minimum atomic E-state index is -4.43. The van der Waals surface area contributed by atoms with Crippen molar-refractivity contribution in [2.75, 3.05) is 32.2 Å². The van der Waals surface area contributed by atoms with E-state index >= 15 is 0 Å². The molecule has 5 aromatic carbocycles. The monoisotopic (exact) mass is 961 g/mol. The van der Waals surface area contributed by atoms with Crippen LogP contribution in [0.5, 0.6) is 17.2 Å². The molecule has 2 aliphatic heterocycles. The highest BCUT2D eigenvalue weighted by Gasteiger charge is 2.42. The van der Waals surface area contributed by atoms with E-state index in [4.69, 9.17) is 47.4 Å². The van der Waals surface area contributed by atoms with E-state index in [0.717, 1.165) is 26.6 Å². The van der Waals surface area contributed by atoms with E-state index < -0.39 is 40.1 Å². The van der Waals surface area contributed by atoms with E-state index in [2.05, 4.69) is 21.7 Å². The number of carboxylic acid groups (broad SMARTS) is 1. The molecule has 344 valence electrons. The molecule has 8 rings (SSSR count). The van der Waals surface area contributed by atoms with Gasteiger partial charge in [-0.3, -0.25) is 4.79 Å². The molecule has 0 spiro atoms. The molecule has 0 saturated heterocycles. The van der Waals surface area contributed by atoms with Gasteiger partial charge in [0.2, 0.25) is 15.9 Å². The van der Waals surface area contributed by atoms with Gasteiger partial charge in [0.1, 0.15) is 41.8 Å². The van der Waals surface area contributed by atoms with Crippen molar-refractivity contribution in [3.63, 3.8) is 0 Å². The van der Waals surface area contributed by atoms with Crippen molar-refractivity contribution in [2.24, 2.45) is 0 Å². The van der Waals surface area contributed by atoms with Crippen LogP contribution >= 0.6 is 23.2 Å². The number of benzene rings is 5. The van der Waals surface area contributed by atoms with Crippen LogP contribution in [0, 0.1) is 18.3 Å². The van der Waals surface area contributed by atoms with Gasteiger partial charge in [0, 0.05) is 26.6 Å². The number of carboxylic acids is 1. The summed E-state index contributed by atoms with van der Waals surface area (Å²) >= 11 is 12.2. The summed E-state index contributed by atoms with van der Waals surface area (Å²) in [5, 5.41) is 26.2. The highest BCUT2D eigenvalue weighted by molar-refractivity contribution is 7.89. The van der Waals surface area contributed by atoms with Crippen LogP contribution in [-0.4, -0.2) is 73.6 Å². The van der Waals surface area contributed by atoms with Gasteiger partial charge in [0.25, 0.3) is 0 Å². The number of carbonyl (C=O) groups is 2. The Bertz CT molecular complexity index is 2950. The number of hydrogen-bond donors (Lipinski definition) is 3. The largest absolute Gasteiger partial charge is 0.489 e. The Hall–Kier alpha value is -6.67. The molecule has 14 nitrogen and oxygen atoms in total. The van der Waals surface area contributed by atoms with Gasteiger partial charge in [0.15, 0.2) is 17.6 Å². The zero-order chi connectivity index (χ0) is 47.2. The lowest BCUT2D eigenvalue weighted by molar-refractivity contribution is -0.142. The Labute approximate surface area is 398 Å². The fraction of sp³-hybridized carbons (Fsp3) is 0.240. The standard InChI is InChI=1S/C50H45Cl2N5O9S/c1-30-47(17-18-48(55-30)54-19-20-63-2)67(61,62)57-27-38-25-45-44(65-29-46(66-45)36-12-14-39(15-13-36)64-28-33-7-16-40(51)41(52)21-33)24-37(38)23-43(57)49(58)56-42(50(59)60)22-31-3-8-34(9-4-31)35-10-5-32(26-53)6-11-35/h3-18,21,24-25,42-43,46H,19-20,22-23,27-29H2,1-2H3,(H,54,55)(H,56,58)(H,59,60)/t42-,43-,46?/m0/s1. The van der Waals surface area contributed by atoms with Crippen LogP contribution in [-0.2, 0) is 50.3 Å². The maximum Gasteiger partial charge on any atom is 0.326 e. The number of halogens is 2. The van der Waals surface area contributed by atoms with Crippen molar-refractivity contribution in [2.45, 2.75) is 56.0 Å². The second kappa shape index (κ2) is 20.5. The molecule has 3 heterocycles. The average Bonchev–Trinajstić information content (AvgIpc) is 3.33. The lowest BCUT2D eigenvalue weighted by atomic mass is 9.93. The van der Waals surface area contributed by atoms with Gasteiger partial charge in [-0.2, -0.15) is 9.57 Å². The number of aliphatic carboxylic acids is 1. The SMILES string of the molecule is COCCNc1ccc(S(=O)(=O)N2Cc3cc4c(cc3C[C@H]2C(=O)N[C@@H](Cc2ccc(-c3ccc(C#N)cc3)cc2)C(=O)O)OCC(c2ccc(OCc3ccc(Cl)c(Cl)c3)cc2)O4)c(C)n1. The normalized spacial score (nSPS) is 16.0. The quantitative estimate of drug-likeness (QED) is 0.0789. The number of methoxy groups -OCH3 is 1. The first-order valence-electron chi connectivity index (χ1n) is 21.3. The number of ether oxygens (including phenoxy) is 4. The molecule has 0 saturated carbocycles. The van der Waals surface area contributed by atoms with Gasteiger partial charge in [-0.1, -0.05) is 77.8 Å². The van der Waals surface area contributed by atoms with Gasteiger partial charge in [0.05, 0.1) is 34.0 Å². The summed E-state index contributed by atoms with van der Waals surface area (Å²) < 4.78 is 54.4. The number of fused-ring (bicyclic) bond motifs is 2. The summed E-state index contributed by atoms with van der Waals surface area (Å²) in [6.07, 6.45) is -0.653. The van der Waals surface area contributed by atoms with E-state index in [1.54, 1.807) is 68.6 Å². The summed E-state index contributed by atoms with van der Waals surface area (Å²) in [4.78, 5) is 31.5. The second-order valence-electron chi connectivity index (χ2n) is 16.1. The second-order valence-corrected chi connectivity index (χ2v) is 18.7. The first-order chi connectivity index (χ1) is 32.3. The number of aromatic nitrogens is 1. The lowest BCUT2D eigenvalue weighted by Crippen LogP contribution is -2.55. The third-order valence-corrected chi connectivity index (χ3v) is 14.3. The van der Waals surface area contributed by atoms with E-state index in [1.165, 1.54) is 6.07 Å². The molecule has 0 aliphatic carbocycles. The Morgan fingerprint density at radius 3 is 2.28 bits per heavy atom. The van der Waals surface area contributed by atoms with Crippen molar-refractivity contribution in [3.8, 4) is 34.4 Å². The maximum atomic E-state index is 14.8. The first-order valence-corrected chi connectivity index (χ1v) is 23.5. The van der Waals surface area contributed by atoms with Crippen molar-refractivity contribution in [3.05, 3.63) is 164 Å². The van der Waals surface area contributed by atoms with Gasteiger partial charge in [-0.05, 0) is 113 Å². The van der Waals surface area contributed by atoms with Crippen LogP contribution in [0.2, 0.25) is 10.0 Å². The van der Waals surface area contributed by atoms with Crippen LogP contribution in [0.15, 0.2) is 120 Å². The maximum absolute atomic E-state index is 14.8. The Morgan fingerprint density at radius 2 is 1.61 bits per heavy atom. The van der Waals surface area contributed by atoms with E-state index in [-0.39, 0.29) is 43.2 Å². The van der Waals surface area contributed by atoms with Crippen LogP contribution < -0.4 is 24.8 Å². The smallest absolute Gasteiger partial charge is 0.326 e. The van der Waals surface area contributed by atoms with Crippen LogP contribution in [0.4, 0.5) is 5.82 Å². The molecule has 6 aromatic rings. The number of carbonyl (C=O) groups excluding carboxylic acids is 1. The summed E-state index contributed by atoms with van der Waals surface area (Å²) in [6, 6.07) is 32.9. The topological polar surface area (TPSA) is 189 Å². The summed E-state index contributed by atoms with van der Waals surface area (Å²) in [5.74, 6) is -0.158. The van der Waals surface area contributed by atoms with Crippen molar-refractivity contribution in [1.29, 1.82) is 5.26 Å². The highest BCUT2D eigenvalue weighted by atomic mass is 35.5. The number of anilines is 1. The number of hydrogen-bond acceptors (Lipinski definition) is 11. The van der Waals surface area contributed by atoms with Crippen molar-refractivity contribution >= 4 is 50.9 Å². The van der Waals surface area contributed by atoms with E-state index in [1.807, 2.05) is 54.6 Å². The number of aryl methyl sites for hydroxylation is 1. The van der Waals surface area contributed by atoms with Crippen LogP contribution in [0.1, 0.15) is 45.2 Å². The summed E-state index contributed by atoms with van der Waals surface area (Å²) in [6.45, 7) is 2.67. The highest BCUT2D eigenvalue weighted by Crippen LogP contribution is 2.42. The lowest BCUT2D eigenvalue weighted by Gasteiger charge is -2.37. The number of nitrogens with zero attached hydrogens (tertiary/aromatic N) is 3. The minimum absolute atomic E-state index is 0.0698. The molecule has 2 aliphatic rings. The molecule has 1 aromatic heterocycles. The summed E-state index contributed by atoms with van der Waals surface area (Å²) in [5.41, 5.74) is 6.03. The third-order valence-electron chi connectivity index (χ3n) is 11.5. The zero-order valence-electron chi connectivity index (χ0n) is 36.4. The van der Waals surface area contributed by atoms with Crippen molar-refractivity contribution < 1.29 is 42.1 Å². The molecule has 67 heavy (non-hydrogen) atoms. The Kier molecular flexibility index (Phi) is 14.3. The van der Waals surface area contributed by atoms with Gasteiger partial charge in [-0.25, -0.2) is 18.2 Å². The molecule has 0 radical (unpaired) electrons. The molecule has 3 atom stereocenters. The van der Waals surface area contributed by atoms with E-state index in [0.29, 0.717) is 68.5 Å². The first kappa shape index (κ1) is 46.8. The van der Waals surface area contributed by atoms with Crippen LogP contribution in [0.3, 0.4) is 0 Å². The number of nitrogens with one attached hydrogen (secondary N) is 2. The number of sulfonamides is 1. The molecule has 3 N–H and O–H groups in total.